The maximum absolute atomic E-state index is 12.9. The Kier molecular flexibility index (Phi) is 7.33. The van der Waals surface area contributed by atoms with Gasteiger partial charge in [0.15, 0.2) is 18.1 Å². The lowest BCUT2D eigenvalue weighted by Gasteiger charge is -2.25. The number of ether oxygens (including phenoxy) is 3. The summed E-state index contributed by atoms with van der Waals surface area (Å²) in [5.41, 5.74) is 1.49. The van der Waals surface area contributed by atoms with E-state index in [1.165, 1.54) is 0 Å². The Bertz CT molecular complexity index is 1110. The molecule has 9 nitrogen and oxygen atoms in total. The molecule has 0 aliphatic carbocycles. The third-order valence-electron chi connectivity index (χ3n) is 5.79. The summed E-state index contributed by atoms with van der Waals surface area (Å²) < 4.78 is 16.3. The number of hydrogen-bond acceptors (Lipinski definition) is 7. The molecule has 2 aliphatic rings. The average Bonchev–Trinajstić information content (AvgIpc) is 3.10. The second-order valence-corrected chi connectivity index (χ2v) is 8.86. The van der Waals surface area contributed by atoms with E-state index in [1.807, 2.05) is 32.0 Å². The minimum absolute atomic E-state index is 0.0108. The highest BCUT2D eigenvalue weighted by Crippen LogP contribution is 2.31. The minimum Gasteiger partial charge on any atom is -0.486 e. The van der Waals surface area contributed by atoms with Crippen LogP contribution >= 0.6 is 0 Å². The van der Waals surface area contributed by atoms with E-state index in [1.54, 1.807) is 24.3 Å². The van der Waals surface area contributed by atoms with Crippen molar-refractivity contribution in [2.24, 2.45) is 5.92 Å². The first-order valence-electron chi connectivity index (χ1n) is 11.6. The Morgan fingerprint density at radius 1 is 1.00 bits per heavy atom. The Morgan fingerprint density at radius 2 is 1.66 bits per heavy atom. The summed E-state index contributed by atoms with van der Waals surface area (Å²) >= 11 is 0. The summed E-state index contributed by atoms with van der Waals surface area (Å²) in [6.07, 6.45) is 0.789. The van der Waals surface area contributed by atoms with Crippen LogP contribution in [0.1, 0.15) is 46.5 Å². The van der Waals surface area contributed by atoms with Gasteiger partial charge in [0.2, 0.25) is 0 Å². The molecular weight excluding hydrogens is 452 g/mol. The number of benzene rings is 2. The SMILES string of the molecule is CC(C)CC(C(=O)OCC(=O)NCCc1ccc2c(c1)OCCO2)N1C(=O)c2ccccc2C1=O. The van der Waals surface area contributed by atoms with Gasteiger partial charge in [-0.25, -0.2) is 4.79 Å². The van der Waals surface area contributed by atoms with Crippen molar-refractivity contribution < 1.29 is 33.4 Å². The van der Waals surface area contributed by atoms with Crippen molar-refractivity contribution in [3.05, 3.63) is 59.2 Å². The van der Waals surface area contributed by atoms with Crippen LogP contribution in [-0.2, 0) is 20.7 Å². The molecular formula is C26H28N2O7. The number of imide groups is 1. The molecule has 2 aromatic rings. The highest BCUT2D eigenvalue weighted by molar-refractivity contribution is 6.22. The standard InChI is InChI=1S/C26H28N2O7/c1-16(2)13-20(28-24(30)18-5-3-4-6-19(18)25(28)31)26(32)35-15-23(29)27-10-9-17-7-8-21-22(14-17)34-12-11-33-21/h3-8,14,16,20H,9-13,15H2,1-2H3,(H,27,29). The molecule has 2 aromatic carbocycles. The van der Waals surface area contributed by atoms with E-state index in [2.05, 4.69) is 5.32 Å². The van der Waals surface area contributed by atoms with Crippen LogP contribution in [0.2, 0.25) is 0 Å². The van der Waals surface area contributed by atoms with E-state index in [-0.39, 0.29) is 23.5 Å². The maximum atomic E-state index is 12.9. The Morgan fingerprint density at radius 3 is 2.31 bits per heavy atom. The third-order valence-corrected chi connectivity index (χ3v) is 5.79. The van der Waals surface area contributed by atoms with Gasteiger partial charge in [0.25, 0.3) is 17.7 Å². The van der Waals surface area contributed by atoms with Gasteiger partial charge < -0.3 is 19.5 Å². The summed E-state index contributed by atoms with van der Waals surface area (Å²) in [5.74, 6) is -0.925. The van der Waals surface area contributed by atoms with Gasteiger partial charge in [0.05, 0.1) is 11.1 Å². The zero-order chi connectivity index (χ0) is 24.9. The van der Waals surface area contributed by atoms with Crippen molar-refractivity contribution in [3.8, 4) is 11.5 Å². The van der Waals surface area contributed by atoms with Gasteiger partial charge in [-0.1, -0.05) is 32.0 Å². The van der Waals surface area contributed by atoms with Crippen LogP contribution in [0.4, 0.5) is 0 Å². The van der Waals surface area contributed by atoms with Crippen LogP contribution in [0.3, 0.4) is 0 Å². The lowest BCUT2D eigenvalue weighted by molar-refractivity contribution is -0.152. The number of rotatable bonds is 9. The molecule has 35 heavy (non-hydrogen) atoms. The average molecular weight is 481 g/mol. The number of hydrogen-bond donors (Lipinski definition) is 1. The summed E-state index contributed by atoms with van der Waals surface area (Å²) in [5, 5.41) is 2.71. The number of esters is 1. The van der Waals surface area contributed by atoms with Crippen LogP contribution < -0.4 is 14.8 Å². The maximum Gasteiger partial charge on any atom is 0.329 e. The Balaban J connectivity index is 1.30. The van der Waals surface area contributed by atoms with E-state index in [4.69, 9.17) is 14.2 Å². The van der Waals surface area contributed by atoms with Gasteiger partial charge in [0, 0.05) is 6.54 Å². The van der Waals surface area contributed by atoms with Crippen LogP contribution in [0.5, 0.6) is 11.5 Å². The van der Waals surface area contributed by atoms with E-state index in [0.717, 1.165) is 10.5 Å². The van der Waals surface area contributed by atoms with Gasteiger partial charge in [-0.3, -0.25) is 19.3 Å². The fraction of sp³-hybridized carbons (Fsp3) is 0.385. The first kappa shape index (κ1) is 24.3. The lowest BCUT2D eigenvalue weighted by atomic mass is 10.0. The topological polar surface area (TPSA) is 111 Å². The Labute approximate surface area is 203 Å². The second kappa shape index (κ2) is 10.6. The molecule has 0 saturated carbocycles. The van der Waals surface area contributed by atoms with Gasteiger partial charge in [-0.2, -0.15) is 0 Å². The molecule has 184 valence electrons. The normalized spacial score (nSPS) is 15.1. The van der Waals surface area contributed by atoms with Crippen molar-refractivity contribution in [1.29, 1.82) is 0 Å². The monoisotopic (exact) mass is 480 g/mol. The van der Waals surface area contributed by atoms with E-state index in [9.17, 15) is 19.2 Å². The Hall–Kier alpha value is -3.88. The summed E-state index contributed by atoms with van der Waals surface area (Å²) in [6, 6.07) is 11.0. The predicted octanol–water partition coefficient (Wildman–Crippen LogP) is 2.37. The van der Waals surface area contributed by atoms with Crippen molar-refractivity contribution in [2.45, 2.75) is 32.7 Å². The van der Waals surface area contributed by atoms with Gasteiger partial charge >= 0.3 is 5.97 Å². The molecule has 1 atom stereocenters. The lowest BCUT2D eigenvalue weighted by Crippen LogP contribution is -2.47. The van der Waals surface area contributed by atoms with Crippen LogP contribution in [0.15, 0.2) is 42.5 Å². The molecule has 4 rings (SSSR count). The fourth-order valence-electron chi connectivity index (χ4n) is 4.12. The fourth-order valence-corrected chi connectivity index (χ4v) is 4.12. The number of carbonyl (C=O) groups excluding carboxylic acids is 4. The smallest absolute Gasteiger partial charge is 0.329 e. The van der Waals surface area contributed by atoms with Crippen molar-refractivity contribution in [1.82, 2.24) is 10.2 Å². The molecule has 1 unspecified atom stereocenters. The summed E-state index contributed by atoms with van der Waals surface area (Å²) in [4.78, 5) is 51.8. The van der Waals surface area contributed by atoms with E-state index < -0.39 is 36.3 Å². The van der Waals surface area contributed by atoms with Crippen molar-refractivity contribution >= 4 is 23.7 Å². The molecule has 2 aliphatic heterocycles. The number of carbonyl (C=O) groups is 4. The molecule has 9 heteroatoms. The molecule has 0 fully saturated rings. The van der Waals surface area contributed by atoms with E-state index in [0.29, 0.717) is 37.7 Å². The molecule has 0 saturated heterocycles. The zero-order valence-corrected chi connectivity index (χ0v) is 19.7. The number of fused-ring (bicyclic) bond motifs is 2. The predicted molar refractivity (Wildman–Crippen MR) is 125 cm³/mol. The van der Waals surface area contributed by atoms with Crippen LogP contribution in [0.25, 0.3) is 0 Å². The third kappa shape index (κ3) is 5.45. The first-order valence-corrected chi connectivity index (χ1v) is 11.6. The van der Waals surface area contributed by atoms with Crippen LogP contribution in [0, 0.1) is 5.92 Å². The molecule has 0 radical (unpaired) electrons. The minimum atomic E-state index is -1.10. The quantitative estimate of drug-likeness (QED) is 0.433. The summed E-state index contributed by atoms with van der Waals surface area (Å²) in [6.45, 7) is 4.61. The largest absolute Gasteiger partial charge is 0.486 e. The highest BCUT2D eigenvalue weighted by atomic mass is 16.6. The molecule has 1 N–H and O–H groups in total. The first-order chi connectivity index (χ1) is 16.8. The van der Waals surface area contributed by atoms with Crippen molar-refractivity contribution in [3.63, 3.8) is 0 Å². The van der Waals surface area contributed by atoms with Gasteiger partial charge in [-0.05, 0) is 48.6 Å². The van der Waals surface area contributed by atoms with E-state index >= 15 is 0 Å². The highest BCUT2D eigenvalue weighted by Gasteiger charge is 2.43. The van der Waals surface area contributed by atoms with Crippen LogP contribution in [-0.4, -0.2) is 61.0 Å². The number of nitrogens with zero attached hydrogens (tertiary/aromatic N) is 1. The van der Waals surface area contributed by atoms with Crippen molar-refractivity contribution in [2.75, 3.05) is 26.4 Å². The number of amides is 3. The second-order valence-electron chi connectivity index (χ2n) is 8.86. The molecule has 0 aromatic heterocycles. The molecule has 0 bridgehead atoms. The van der Waals surface area contributed by atoms with Gasteiger partial charge in [-0.15, -0.1) is 0 Å². The molecule has 0 spiro atoms. The molecule has 2 heterocycles. The molecule has 3 amide bonds. The summed E-state index contributed by atoms with van der Waals surface area (Å²) in [7, 11) is 0. The zero-order valence-electron chi connectivity index (χ0n) is 19.7. The number of nitrogens with one attached hydrogen (secondary N) is 1. The van der Waals surface area contributed by atoms with Gasteiger partial charge in [0.1, 0.15) is 19.3 Å².